The maximum Gasteiger partial charge on any atom is 0.264 e. The van der Waals surface area contributed by atoms with Crippen LogP contribution in [0.5, 0.6) is 0 Å². The van der Waals surface area contributed by atoms with Crippen LogP contribution in [-0.4, -0.2) is 25.9 Å². The molecule has 0 fully saturated rings. The van der Waals surface area contributed by atoms with Gasteiger partial charge in [0.05, 0.1) is 15.6 Å². The number of halogens is 2. The fraction of sp³-hybridized carbons (Fsp3) is 0.143. The van der Waals surface area contributed by atoms with Gasteiger partial charge in [-0.15, -0.1) is 0 Å². The predicted molar refractivity (Wildman–Crippen MR) is 118 cm³/mol. The number of anilines is 1. The first-order valence-corrected chi connectivity index (χ1v) is 11.2. The maximum atomic E-state index is 13.4. The normalized spacial score (nSPS) is 11.2. The van der Waals surface area contributed by atoms with E-state index in [-0.39, 0.29) is 22.2 Å². The van der Waals surface area contributed by atoms with Crippen molar-refractivity contribution in [3.63, 3.8) is 0 Å². The van der Waals surface area contributed by atoms with Crippen LogP contribution in [0.3, 0.4) is 0 Å². The van der Waals surface area contributed by atoms with Crippen LogP contribution in [-0.2, 0) is 21.4 Å². The van der Waals surface area contributed by atoms with Gasteiger partial charge in [-0.05, 0) is 48.9 Å². The van der Waals surface area contributed by atoms with Gasteiger partial charge < -0.3 is 5.32 Å². The zero-order valence-corrected chi connectivity index (χ0v) is 18.4. The third-order valence-corrected chi connectivity index (χ3v) is 6.61. The van der Waals surface area contributed by atoms with Crippen molar-refractivity contribution in [2.75, 3.05) is 10.8 Å². The zero-order valence-electron chi connectivity index (χ0n) is 16.0. The second-order valence-electron chi connectivity index (χ2n) is 6.56. The lowest BCUT2D eigenvalue weighted by Gasteiger charge is -2.25. The molecule has 1 aromatic heterocycles. The highest BCUT2D eigenvalue weighted by atomic mass is 35.5. The number of pyridine rings is 1. The number of hydrogen-bond donors (Lipinski definition) is 1. The van der Waals surface area contributed by atoms with Gasteiger partial charge in [-0.3, -0.25) is 14.1 Å². The minimum Gasteiger partial charge on any atom is -0.350 e. The Labute approximate surface area is 185 Å². The Bertz CT molecular complexity index is 1140. The lowest BCUT2D eigenvalue weighted by Crippen LogP contribution is -2.40. The molecule has 0 bridgehead atoms. The number of amides is 1. The highest BCUT2D eigenvalue weighted by Gasteiger charge is 2.29. The Balaban J connectivity index is 1.92. The second-order valence-corrected chi connectivity index (χ2v) is 9.26. The van der Waals surface area contributed by atoms with Gasteiger partial charge in [0.2, 0.25) is 5.91 Å². The molecule has 30 heavy (non-hydrogen) atoms. The molecule has 1 amide bonds. The van der Waals surface area contributed by atoms with Crippen LogP contribution in [0.1, 0.15) is 11.1 Å². The summed E-state index contributed by atoms with van der Waals surface area (Å²) < 4.78 is 27.7. The van der Waals surface area contributed by atoms with Gasteiger partial charge in [-0.25, -0.2) is 8.42 Å². The molecule has 2 aromatic carbocycles. The van der Waals surface area contributed by atoms with Crippen molar-refractivity contribution in [1.82, 2.24) is 10.3 Å². The smallest absolute Gasteiger partial charge is 0.264 e. The molecule has 156 valence electrons. The Morgan fingerprint density at radius 2 is 1.83 bits per heavy atom. The lowest BCUT2D eigenvalue weighted by atomic mass is 10.2. The molecule has 0 atom stereocenters. The van der Waals surface area contributed by atoms with Crippen LogP contribution < -0.4 is 9.62 Å². The molecule has 0 radical (unpaired) electrons. The fourth-order valence-corrected chi connectivity index (χ4v) is 4.57. The molecule has 6 nitrogen and oxygen atoms in total. The average Bonchev–Trinajstić information content (AvgIpc) is 2.73. The minimum atomic E-state index is -4.07. The Hall–Kier alpha value is -2.61. The Kier molecular flexibility index (Phi) is 6.97. The Morgan fingerprint density at radius 1 is 1.10 bits per heavy atom. The van der Waals surface area contributed by atoms with Gasteiger partial charge >= 0.3 is 0 Å². The number of hydrogen-bond acceptors (Lipinski definition) is 4. The highest BCUT2D eigenvalue weighted by Crippen LogP contribution is 2.33. The van der Waals surface area contributed by atoms with Gasteiger partial charge in [0.15, 0.2) is 0 Å². The van der Waals surface area contributed by atoms with E-state index >= 15 is 0 Å². The van der Waals surface area contributed by atoms with Crippen molar-refractivity contribution in [2.24, 2.45) is 0 Å². The SMILES string of the molecule is Cc1ccc(S(=O)(=O)N(CC(=O)NCc2cccnc2)c2cc(Cl)ccc2Cl)cc1. The number of aryl methyl sites for hydroxylation is 1. The van der Waals surface area contributed by atoms with Crippen LogP contribution in [0.2, 0.25) is 10.0 Å². The van der Waals surface area contributed by atoms with Crippen LogP contribution in [0.15, 0.2) is 71.9 Å². The molecular formula is C21H19Cl2N3O3S. The summed E-state index contributed by atoms with van der Waals surface area (Å²) in [5.74, 6) is -0.495. The molecular weight excluding hydrogens is 445 g/mol. The number of carbonyl (C=O) groups is 1. The van der Waals surface area contributed by atoms with Crippen molar-refractivity contribution in [1.29, 1.82) is 0 Å². The molecule has 0 saturated heterocycles. The summed E-state index contributed by atoms with van der Waals surface area (Å²) >= 11 is 12.3. The van der Waals surface area contributed by atoms with E-state index < -0.39 is 22.5 Å². The van der Waals surface area contributed by atoms with Crippen molar-refractivity contribution < 1.29 is 13.2 Å². The first-order chi connectivity index (χ1) is 14.3. The largest absolute Gasteiger partial charge is 0.350 e. The van der Waals surface area contributed by atoms with E-state index in [0.29, 0.717) is 5.02 Å². The van der Waals surface area contributed by atoms with Crippen LogP contribution in [0, 0.1) is 6.92 Å². The second kappa shape index (κ2) is 9.47. The number of nitrogens with one attached hydrogen (secondary N) is 1. The van der Waals surface area contributed by atoms with E-state index in [4.69, 9.17) is 23.2 Å². The van der Waals surface area contributed by atoms with Gasteiger partial charge in [0, 0.05) is 24.0 Å². The maximum absolute atomic E-state index is 13.4. The summed E-state index contributed by atoms with van der Waals surface area (Å²) in [6.07, 6.45) is 3.25. The van der Waals surface area contributed by atoms with E-state index in [1.807, 2.05) is 13.0 Å². The predicted octanol–water partition coefficient (Wildman–Crippen LogP) is 4.21. The molecule has 0 spiro atoms. The average molecular weight is 464 g/mol. The van der Waals surface area contributed by atoms with Crippen molar-refractivity contribution in [3.8, 4) is 0 Å². The highest BCUT2D eigenvalue weighted by molar-refractivity contribution is 7.92. The van der Waals surface area contributed by atoms with Crippen LogP contribution >= 0.6 is 23.2 Å². The molecule has 0 aliphatic heterocycles. The summed E-state index contributed by atoms with van der Waals surface area (Å²) in [7, 11) is -4.07. The topological polar surface area (TPSA) is 79.4 Å². The molecule has 9 heteroatoms. The molecule has 1 heterocycles. The molecule has 0 unspecified atom stereocenters. The Morgan fingerprint density at radius 3 is 2.50 bits per heavy atom. The third-order valence-electron chi connectivity index (χ3n) is 4.29. The molecule has 0 aliphatic carbocycles. The fourth-order valence-electron chi connectivity index (χ4n) is 2.70. The monoisotopic (exact) mass is 463 g/mol. The van der Waals surface area contributed by atoms with E-state index in [1.54, 1.807) is 36.7 Å². The summed E-state index contributed by atoms with van der Waals surface area (Å²) in [5.41, 5.74) is 1.83. The zero-order chi connectivity index (χ0) is 21.7. The van der Waals surface area contributed by atoms with Gasteiger partial charge in [-0.1, -0.05) is 47.0 Å². The number of aromatic nitrogens is 1. The third kappa shape index (κ3) is 5.30. The van der Waals surface area contributed by atoms with Crippen LogP contribution in [0.25, 0.3) is 0 Å². The van der Waals surface area contributed by atoms with Crippen molar-refractivity contribution in [2.45, 2.75) is 18.4 Å². The first-order valence-electron chi connectivity index (χ1n) is 8.97. The number of benzene rings is 2. The molecule has 3 aromatic rings. The van der Waals surface area contributed by atoms with E-state index in [2.05, 4.69) is 10.3 Å². The summed E-state index contributed by atoms with van der Waals surface area (Å²) in [6.45, 7) is 1.61. The summed E-state index contributed by atoms with van der Waals surface area (Å²) in [6, 6.07) is 14.4. The minimum absolute atomic E-state index is 0.0456. The standard InChI is InChI=1S/C21H19Cl2N3O3S/c1-15-4-7-18(8-5-15)30(28,29)26(20-11-17(22)6-9-19(20)23)14-21(27)25-13-16-3-2-10-24-12-16/h2-12H,13-14H2,1H3,(H,25,27). The number of nitrogens with zero attached hydrogens (tertiary/aromatic N) is 2. The van der Waals surface area contributed by atoms with E-state index in [9.17, 15) is 13.2 Å². The number of rotatable bonds is 7. The van der Waals surface area contributed by atoms with Crippen molar-refractivity contribution >= 4 is 44.8 Å². The number of carbonyl (C=O) groups excluding carboxylic acids is 1. The van der Waals surface area contributed by atoms with E-state index in [1.165, 1.54) is 24.3 Å². The van der Waals surface area contributed by atoms with Gasteiger partial charge in [0.1, 0.15) is 6.54 Å². The molecule has 0 saturated carbocycles. The van der Waals surface area contributed by atoms with E-state index in [0.717, 1.165) is 15.4 Å². The number of sulfonamides is 1. The molecule has 3 rings (SSSR count). The molecule has 1 N–H and O–H groups in total. The van der Waals surface area contributed by atoms with Gasteiger partial charge in [-0.2, -0.15) is 0 Å². The quantitative estimate of drug-likeness (QED) is 0.568. The lowest BCUT2D eigenvalue weighted by molar-refractivity contribution is -0.119. The molecule has 0 aliphatic rings. The van der Waals surface area contributed by atoms with Crippen molar-refractivity contribution in [3.05, 3.63) is 88.2 Å². The first kappa shape index (κ1) is 22.1. The summed E-state index contributed by atoms with van der Waals surface area (Å²) in [5, 5.41) is 3.17. The van der Waals surface area contributed by atoms with Crippen LogP contribution in [0.4, 0.5) is 5.69 Å². The summed E-state index contributed by atoms with van der Waals surface area (Å²) in [4.78, 5) is 16.6. The van der Waals surface area contributed by atoms with Gasteiger partial charge in [0.25, 0.3) is 10.0 Å².